The van der Waals surface area contributed by atoms with E-state index in [9.17, 15) is 4.79 Å². The Balaban J connectivity index is 0.00000128. The van der Waals surface area contributed by atoms with Crippen molar-refractivity contribution in [1.82, 2.24) is 0 Å². The molecule has 1 aliphatic rings. The van der Waals surface area contributed by atoms with Crippen molar-refractivity contribution >= 4 is 18.4 Å². The fourth-order valence-electron chi connectivity index (χ4n) is 1.86. The highest BCUT2D eigenvalue weighted by molar-refractivity contribution is 5.89. The molecule has 2 rings (SSSR count). The molecule has 0 amide bonds. The Labute approximate surface area is 101 Å². The maximum absolute atomic E-state index is 11.3. The van der Waals surface area contributed by atoms with Crippen LogP contribution in [0, 0.1) is 0 Å². The van der Waals surface area contributed by atoms with E-state index in [2.05, 4.69) is 4.74 Å². The number of carbonyl (C=O) groups is 1. The van der Waals surface area contributed by atoms with Gasteiger partial charge in [-0.3, -0.25) is 0 Å². The van der Waals surface area contributed by atoms with Crippen LogP contribution in [0.25, 0.3) is 0 Å². The molecule has 0 bridgehead atoms. The molecule has 0 saturated heterocycles. The topological polar surface area (TPSA) is 52.3 Å². The van der Waals surface area contributed by atoms with Gasteiger partial charge in [0.2, 0.25) is 0 Å². The average Bonchev–Trinajstić information content (AvgIpc) is 3.09. The lowest BCUT2D eigenvalue weighted by atomic mass is 9.94. The highest BCUT2D eigenvalue weighted by atomic mass is 35.5. The lowest BCUT2D eigenvalue weighted by Gasteiger charge is -2.13. The minimum absolute atomic E-state index is 0. The Hall–Kier alpha value is -1.06. The number of carbonyl (C=O) groups excluding carboxylic acids is 1. The normalized spacial score (nSPS) is 16.1. The van der Waals surface area contributed by atoms with Crippen molar-refractivity contribution in [3.8, 4) is 0 Å². The fourth-order valence-corrected chi connectivity index (χ4v) is 1.86. The number of nitrogens with two attached hydrogens (primary N) is 1. The summed E-state index contributed by atoms with van der Waals surface area (Å²) >= 11 is 0. The van der Waals surface area contributed by atoms with E-state index in [1.54, 1.807) is 6.07 Å². The predicted molar refractivity (Wildman–Crippen MR) is 65.0 cm³/mol. The number of halogens is 1. The summed E-state index contributed by atoms with van der Waals surface area (Å²) < 4.78 is 4.69. The van der Waals surface area contributed by atoms with Crippen LogP contribution in [0.2, 0.25) is 0 Å². The third-order valence-corrected chi connectivity index (χ3v) is 3.14. The molecule has 0 spiro atoms. The van der Waals surface area contributed by atoms with Gasteiger partial charge in [-0.05, 0) is 30.5 Å². The van der Waals surface area contributed by atoms with Gasteiger partial charge < -0.3 is 10.5 Å². The Bertz CT molecular complexity index is 388. The second-order valence-electron chi connectivity index (χ2n) is 4.06. The van der Waals surface area contributed by atoms with Gasteiger partial charge in [0.15, 0.2) is 0 Å². The number of hydrogen-bond acceptors (Lipinski definition) is 3. The standard InChI is InChI=1S/C12H15NO2.ClH/c1-15-11(14)9-3-2-4-10(7-9)12(8-13)5-6-12;/h2-4,7H,5-6,8,13H2,1H3;1H. The average molecular weight is 242 g/mol. The summed E-state index contributed by atoms with van der Waals surface area (Å²) in [6.45, 7) is 0.650. The van der Waals surface area contributed by atoms with E-state index < -0.39 is 0 Å². The maximum atomic E-state index is 11.3. The number of hydrogen-bond donors (Lipinski definition) is 1. The minimum Gasteiger partial charge on any atom is -0.465 e. The molecule has 1 aliphatic carbocycles. The molecule has 3 nitrogen and oxygen atoms in total. The summed E-state index contributed by atoms with van der Waals surface area (Å²) in [5.74, 6) is -0.287. The molecule has 0 atom stereocenters. The van der Waals surface area contributed by atoms with Crippen molar-refractivity contribution in [2.45, 2.75) is 18.3 Å². The van der Waals surface area contributed by atoms with Gasteiger partial charge >= 0.3 is 5.97 Å². The van der Waals surface area contributed by atoms with Gasteiger partial charge in [0.1, 0.15) is 0 Å². The summed E-state index contributed by atoms with van der Waals surface area (Å²) in [6.07, 6.45) is 2.24. The first-order valence-electron chi connectivity index (χ1n) is 5.11. The second-order valence-corrected chi connectivity index (χ2v) is 4.06. The predicted octanol–water partition coefficient (Wildman–Crippen LogP) is 1.89. The molecular formula is C12H16ClNO2. The van der Waals surface area contributed by atoms with Gasteiger partial charge in [0.25, 0.3) is 0 Å². The van der Waals surface area contributed by atoms with Crippen LogP contribution in [0.1, 0.15) is 28.8 Å². The SMILES string of the molecule is COC(=O)c1cccc(C2(CN)CC2)c1.Cl. The molecule has 0 unspecified atom stereocenters. The molecule has 1 fully saturated rings. The Kier molecular flexibility index (Phi) is 3.94. The quantitative estimate of drug-likeness (QED) is 0.823. The summed E-state index contributed by atoms with van der Waals surface area (Å²) in [4.78, 5) is 11.3. The molecule has 1 aromatic rings. The number of ether oxygens (including phenoxy) is 1. The molecule has 1 aromatic carbocycles. The molecule has 0 aromatic heterocycles. The molecule has 4 heteroatoms. The van der Waals surface area contributed by atoms with Crippen molar-refractivity contribution in [3.05, 3.63) is 35.4 Å². The molecular weight excluding hydrogens is 226 g/mol. The zero-order valence-corrected chi connectivity index (χ0v) is 10.0. The summed E-state index contributed by atoms with van der Waals surface area (Å²) in [5, 5.41) is 0. The monoisotopic (exact) mass is 241 g/mol. The van der Waals surface area contributed by atoms with Crippen LogP contribution < -0.4 is 5.73 Å². The Morgan fingerprint density at radius 1 is 1.50 bits per heavy atom. The highest BCUT2D eigenvalue weighted by Crippen LogP contribution is 2.47. The van der Waals surface area contributed by atoms with E-state index in [1.807, 2.05) is 18.2 Å². The van der Waals surface area contributed by atoms with Crippen LogP contribution in [-0.2, 0) is 10.2 Å². The second kappa shape index (κ2) is 4.85. The molecule has 0 heterocycles. The van der Waals surface area contributed by atoms with Crippen molar-refractivity contribution in [2.24, 2.45) is 5.73 Å². The van der Waals surface area contributed by atoms with Gasteiger partial charge in [-0.15, -0.1) is 12.4 Å². The van der Waals surface area contributed by atoms with Crippen LogP contribution >= 0.6 is 12.4 Å². The van der Waals surface area contributed by atoms with Crippen molar-refractivity contribution in [2.75, 3.05) is 13.7 Å². The van der Waals surface area contributed by atoms with E-state index in [4.69, 9.17) is 5.73 Å². The van der Waals surface area contributed by atoms with Crippen LogP contribution in [-0.4, -0.2) is 19.6 Å². The van der Waals surface area contributed by atoms with E-state index in [0.29, 0.717) is 12.1 Å². The molecule has 88 valence electrons. The van der Waals surface area contributed by atoms with Gasteiger partial charge in [0, 0.05) is 12.0 Å². The number of esters is 1. The minimum atomic E-state index is -0.287. The fraction of sp³-hybridized carbons (Fsp3) is 0.417. The van der Waals surface area contributed by atoms with Crippen LogP contribution in [0.15, 0.2) is 24.3 Å². The smallest absolute Gasteiger partial charge is 0.337 e. The van der Waals surface area contributed by atoms with Gasteiger partial charge in [0.05, 0.1) is 12.7 Å². The zero-order valence-electron chi connectivity index (χ0n) is 9.23. The first-order chi connectivity index (χ1) is 7.22. The first kappa shape index (κ1) is 13.0. The Morgan fingerprint density at radius 3 is 2.69 bits per heavy atom. The van der Waals surface area contributed by atoms with E-state index in [1.165, 1.54) is 7.11 Å². The third kappa shape index (κ3) is 2.20. The van der Waals surface area contributed by atoms with Crippen LogP contribution in [0.3, 0.4) is 0 Å². The molecule has 2 N–H and O–H groups in total. The summed E-state index contributed by atoms with van der Waals surface area (Å²) in [6, 6.07) is 7.58. The van der Waals surface area contributed by atoms with Crippen molar-refractivity contribution < 1.29 is 9.53 Å². The number of benzene rings is 1. The highest BCUT2D eigenvalue weighted by Gasteiger charge is 2.42. The van der Waals surface area contributed by atoms with Gasteiger partial charge in [-0.1, -0.05) is 12.1 Å². The third-order valence-electron chi connectivity index (χ3n) is 3.14. The Morgan fingerprint density at radius 2 is 2.19 bits per heavy atom. The zero-order chi connectivity index (χ0) is 10.9. The van der Waals surface area contributed by atoms with Crippen molar-refractivity contribution in [1.29, 1.82) is 0 Å². The molecule has 1 saturated carbocycles. The summed E-state index contributed by atoms with van der Waals surface area (Å²) in [5.41, 5.74) is 7.64. The lowest BCUT2D eigenvalue weighted by Crippen LogP contribution is -2.20. The van der Waals surface area contributed by atoms with Crippen molar-refractivity contribution in [3.63, 3.8) is 0 Å². The molecule has 0 aliphatic heterocycles. The number of methoxy groups -OCH3 is 1. The molecule has 16 heavy (non-hydrogen) atoms. The first-order valence-corrected chi connectivity index (χ1v) is 5.11. The van der Waals surface area contributed by atoms with Crippen LogP contribution in [0.5, 0.6) is 0 Å². The van der Waals surface area contributed by atoms with Crippen LogP contribution in [0.4, 0.5) is 0 Å². The van der Waals surface area contributed by atoms with E-state index in [-0.39, 0.29) is 23.8 Å². The van der Waals surface area contributed by atoms with Gasteiger partial charge in [-0.2, -0.15) is 0 Å². The lowest BCUT2D eigenvalue weighted by molar-refractivity contribution is 0.0600. The van der Waals surface area contributed by atoms with E-state index >= 15 is 0 Å². The van der Waals surface area contributed by atoms with Gasteiger partial charge in [-0.25, -0.2) is 4.79 Å². The maximum Gasteiger partial charge on any atom is 0.337 e. The molecule has 0 radical (unpaired) electrons. The van der Waals surface area contributed by atoms with E-state index in [0.717, 1.165) is 18.4 Å². The summed E-state index contributed by atoms with van der Waals surface area (Å²) in [7, 11) is 1.39. The number of rotatable bonds is 3. The largest absolute Gasteiger partial charge is 0.465 e.